The van der Waals surface area contributed by atoms with Gasteiger partial charge in [0, 0.05) is 6.54 Å². The van der Waals surface area contributed by atoms with Gasteiger partial charge in [-0.05, 0) is 25.5 Å². The van der Waals surface area contributed by atoms with Crippen molar-refractivity contribution in [2.24, 2.45) is 0 Å². The molecule has 0 fully saturated rings. The van der Waals surface area contributed by atoms with E-state index in [1.807, 2.05) is 31.2 Å². The molecule has 76 valence electrons. The third-order valence-corrected chi connectivity index (χ3v) is 2.21. The first-order valence-electron chi connectivity index (χ1n) is 4.64. The third-order valence-electron chi connectivity index (χ3n) is 1.89. The average molecular weight is 211 g/mol. The average Bonchev–Trinajstić information content (AvgIpc) is 2.16. The summed E-state index contributed by atoms with van der Waals surface area (Å²) in [6.07, 6.45) is 5.10. The van der Waals surface area contributed by atoms with Crippen LogP contribution >= 0.6 is 11.6 Å². The van der Waals surface area contributed by atoms with Crippen LogP contribution in [-0.4, -0.2) is 6.54 Å². The molecule has 0 unspecified atom stereocenters. The highest BCUT2D eigenvalue weighted by Crippen LogP contribution is 2.27. The molecule has 1 aromatic carbocycles. The van der Waals surface area contributed by atoms with Crippen molar-refractivity contribution in [3.05, 3.63) is 35.4 Å². The van der Waals surface area contributed by atoms with Gasteiger partial charge in [-0.2, -0.15) is 0 Å². The van der Waals surface area contributed by atoms with Crippen LogP contribution in [-0.2, 0) is 0 Å². The molecule has 0 aliphatic heterocycles. The lowest BCUT2D eigenvalue weighted by Crippen LogP contribution is -2.03. The molecule has 0 aromatic heterocycles. The smallest absolute Gasteiger partial charge is 0.0763 e. The van der Waals surface area contributed by atoms with Gasteiger partial charge in [0.15, 0.2) is 0 Å². The number of hydrogen-bond donors (Lipinski definition) is 2. The van der Waals surface area contributed by atoms with Crippen LogP contribution in [0.3, 0.4) is 0 Å². The van der Waals surface area contributed by atoms with Crippen LogP contribution in [0, 0.1) is 0 Å². The number of nitrogens with two attached hydrogens (primary N) is 1. The zero-order valence-electron chi connectivity index (χ0n) is 8.26. The van der Waals surface area contributed by atoms with Gasteiger partial charge in [-0.3, -0.25) is 0 Å². The van der Waals surface area contributed by atoms with Crippen LogP contribution in [0.25, 0.3) is 0 Å². The molecule has 0 radical (unpaired) electrons. The Labute approximate surface area is 89.8 Å². The van der Waals surface area contributed by atoms with Gasteiger partial charge in [0.2, 0.25) is 0 Å². The van der Waals surface area contributed by atoms with Crippen molar-refractivity contribution in [3.63, 3.8) is 0 Å². The Balaban J connectivity index is 2.57. The molecule has 0 bridgehead atoms. The largest absolute Gasteiger partial charge is 0.397 e. The van der Waals surface area contributed by atoms with Gasteiger partial charge >= 0.3 is 0 Å². The molecule has 2 nitrogen and oxygen atoms in total. The molecule has 0 amide bonds. The minimum atomic E-state index is 0.672. The summed E-state index contributed by atoms with van der Waals surface area (Å²) >= 11 is 5.98. The second-order valence-electron chi connectivity index (χ2n) is 2.99. The van der Waals surface area contributed by atoms with Gasteiger partial charge in [0.1, 0.15) is 0 Å². The molecule has 0 spiro atoms. The Hall–Kier alpha value is -1.15. The highest BCUT2D eigenvalue weighted by Gasteiger charge is 2.01. The standard InChI is InChI=1S/C11H15ClN2/c1-2-3-4-8-14-11-9(12)6-5-7-10(11)13/h2-3,5-7,14H,4,8,13H2,1H3/b3-2+. The molecule has 0 heterocycles. The second-order valence-corrected chi connectivity index (χ2v) is 3.40. The Bertz CT molecular complexity index is 301. The summed E-state index contributed by atoms with van der Waals surface area (Å²) in [6.45, 7) is 2.85. The fourth-order valence-electron chi connectivity index (χ4n) is 1.17. The van der Waals surface area contributed by atoms with Crippen LogP contribution in [0.5, 0.6) is 0 Å². The van der Waals surface area contributed by atoms with E-state index in [1.165, 1.54) is 0 Å². The predicted molar refractivity (Wildman–Crippen MR) is 63.8 cm³/mol. The van der Waals surface area contributed by atoms with Crippen LogP contribution in [0.2, 0.25) is 5.02 Å². The van der Waals surface area contributed by atoms with Crippen molar-refractivity contribution in [2.45, 2.75) is 13.3 Å². The van der Waals surface area contributed by atoms with Crippen LogP contribution < -0.4 is 11.1 Å². The number of anilines is 2. The summed E-state index contributed by atoms with van der Waals surface area (Å²) in [7, 11) is 0. The number of hydrogen-bond acceptors (Lipinski definition) is 2. The van der Waals surface area contributed by atoms with Crippen molar-refractivity contribution in [2.75, 3.05) is 17.6 Å². The second kappa shape index (κ2) is 5.55. The Morgan fingerprint density at radius 3 is 2.93 bits per heavy atom. The van der Waals surface area contributed by atoms with Crippen LogP contribution in [0.15, 0.2) is 30.4 Å². The highest BCUT2D eigenvalue weighted by atomic mass is 35.5. The van der Waals surface area contributed by atoms with E-state index in [1.54, 1.807) is 0 Å². The first kappa shape index (κ1) is 10.9. The number of halogens is 1. The molecular formula is C11H15ClN2. The van der Waals surface area contributed by atoms with E-state index >= 15 is 0 Å². The zero-order valence-corrected chi connectivity index (χ0v) is 9.01. The van der Waals surface area contributed by atoms with Gasteiger partial charge < -0.3 is 11.1 Å². The Morgan fingerprint density at radius 1 is 1.50 bits per heavy atom. The van der Waals surface area contributed by atoms with E-state index in [9.17, 15) is 0 Å². The SMILES string of the molecule is C/C=C/CCNc1c(N)cccc1Cl. The minimum absolute atomic E-state index is 0.672. The topological polar surface area (TPSA) is 38.0 Å². The minimum Gasteiger partial charge on any atom is -0.397 e. The Morgan fingerprint density at radius 2 is 2.29 bits per heavy atom. The van der Waals surface area contributed by atoms with Gasteiger partial charge in [0.05, 0.1) is 16.4 Å². The molecule has 3 heteroatoms. The first-order chi connectivity index (χ1) is 6.75. The van der Waals surface area contributed by atoms with E-state index < -0.39 is 0 Å². The molecule has 0 aliphatic carbocycles. The summed E-state index contributed by atoms with van der Waals surface area (Å²) in [5.41, 5.74) is 7.30. The van der Waals surface area contributed by atoms with E-state index in [0.29, 0.717) is 10.7 Å². The fourth-order valence-corrected chi connectivity index (χ4v) is 1.42. The van der Waals surface area contributed by atoms with Gasteiger partial charge in [-0.15, -0.1) is 0 Å². The number of nitrogens with one attached hydrogen (secondary N) is 1. The van der Waals surface area contributed by atoms with Crippen molar-refractivity contribution in [3.8, 4) is 0 Å². The number of nitrogen functional groups attached to an aromatic ring is 1. The summed E-state index contributed by atoms with van der Waals surface area (Å²) in [4.78, 5) is 0. The van der Waals surface area contributed by atoms with Crippen LogP contribution in [0.4, 0.5) is 11.4 Å². The number of allylic oxidation sites excluding steroid dienone is 1. The summed E-state index contributed by atoms with van der Waals surface area (Å²) in [5, 5.41) is 3.88. The van der Waals surface area contributed by atoms with Gasteiger partial charge in [0.25, 0.3) is 0 Å². The molecule has 0 atom stereocenters. The van der Waals surface area contributed by atoms with Gasteiger partial charge in [-0.25, -0.2) is 0 Å². The van der Waals surface area contributed by atoms with E-state index in [-0.39, 0.29) is 0 Å². The molecule has 1 rings (SSSR count). The van der Waals surface area contributed by atoms with Crippen molar-refractivity contribution in [1.29, 1.82) is 0 Å². The van der Waals surface area contributed by atoms with Gasteiger partial charge in [-0.1, -0.05) is 29.8 Å². The lowest BCUT2D eigenvalue weighted by Gasteiger charge is -2.09. The number of rotatable bonds is 4. The van der Waals surface area contributed by atoms with Crippen LogP contribution in [0.1, 0.15) is 13.3 Å². The highest BCUT2D eigenvalue weighted by molar-refractivity contribution is 6.33. The maximum atomic E-state index is 5.98. The van der Waals surface area contributed by atoms with Crippen molar-refractivity contribution in [1.82, 2.24) is 0 Å². The van der Waals surface area contributed by atoms with Crippen molar-refractivity contribution >= 4 is 23.0 Å². The van der Waals surface area contributed by atoms with E-state index in [0.717, 1.165) is 18.7 Å². The van der Waals surface area contributed by atoms with E-state index in [2.05, 4.69) is 11.4 Å². The fraction of sp³-hybridized carbons (Fsp3) is 0.273. The monoisotopic (exact) mass is 210 g/mol. The molecule has 0 saturated carbocycles. The van der Waals surface area contributed by atoms with E-state index in [4.69, 9.17) is 17.3 Å². The molecule has 0 saturated heterocycles. The predicted octanol–water partition coefficient (Wildman–Crippen LogP) is 3.30. The third kappa shape index (κ3) is 2.96. The number of para-hydroxylation sites is 1. The quantitative estimate of drug-likeness (QED) is 0.455. The number of benzene rings is 1. The summed E-state index contributed by atoms with van der Waals surface area (Å²) in [5.74, 6) is 0. The zero-order chi connectivity index (χ0) is 10.4. The molecule has 0 aliphatic rings. The lowest BCUT2D eigenvalue weighted by molar-refractivity contribution is 1.07. The normalized spacial score (nSPS) is 10.7. The summed E-state index contributed by atoms with van der Waals surface area (Å²) < 4.78 is 0. The van der Waals surface area contributed by atoms with Crippen molar-refractivity contribution < 1.29 is 0 Å². The maximum Gasteiger partial charge on any atom is 0.0763 e. The molecule has 14 heavy (non-hydrogen) atoms. The molecule has 3 N–H and O–H groups in total. The Kier molecular flexibility index (Phi) is 4.33. The molecular weight excluding hydrogens is 196 g/mol. The first-order valence-corrected chi connectivity index (χ1v) is 5.02. The lowest BCUT2D eigenvalue weighted by atomic mass is 10.2. The molecule has 1 aromatic rings. The summed E-state index contributed by atoms with van der Waals surface area (Å²) in [6, 6.07) is 5.51. The maximum absolute atomic E-state index is 5.98.